The highest BCUT2D eigenvalue weighted by Crippen LogP contribution is 2.41. The van der Waals surface area contributed by atoms with Gasteiger partial charge < -0.3 is 0 Å². The molecule has 0 fully saturated rings. The van der Waals surface area contributed by atoms with Gasteiger partial charge in [0, 0.05) is 0 Å². The van der Waals surface area contributed by atoms with Gasteiger partial charge in [0.15, 0.2) is 0 Å². The molecule has 1 nitrogen and oxygen atoms in total. The number of hydrogen-bond donors (Lipinski definition) is 0. The molecule has 1 aromatic heterocycles. The first kappa shape index (κ1) is 9.53. The molecular weight excluding hydrogens is 249 g/mol. The van der Waals surface area contributed by atoms with E-state index in [9.17, 15) is 0 Å². The zero-order valence-electron chi connectivity index (χ0n) is 6.30. The van der Waals surface area contributed by atoms with E-state index in [-0.39, 0.29) is 0 Å². The summed E-state index contributed by atoms with van der Waals surface area (Å²) in [6.07, 6.45) is 0. The second kappa shape index (κ2) is 3.28. The molecule has 0 bridgehead atoms. The number of rotatable bonds is 0. The van der Waals surface area contributed by atoms with Crippen LogP contribution >= 0.6 is 46.1 Å². The predicted molar refractivity (Wildman–Crippen MR) is 58.9 cm³/mol. The van der Waals surface area contributed by atoms with Crippen LogP contribution in [0.15, 0.2) is 24.3 Å². The number of benzene rings is 1. The molecule has 0 aliphatic rings. The summed E-state index contributed by atoms with van der Waals surface area (Å²) in [5, 5.41) is 0.513. The molecule has 0 saturated heterocycles. The second-order valence-electron chi connectivity index (χ2n) is 2.48. The SMILES string of the molecule is ClC(Cl)(Cl)c1nc2ccccc2s1. The first-order chi connectivity index (χ1) is 6.07. The lowest BCUT2D eigenvalue weighted by Gasteiger charge is -2.03. The zero-order chi connectivity index (χ0) is 9.47. The van der Waals surface area contributed by atoms with Crippen molar-refractivity contribution in [2.24, 2.45) is 0 Å². The largest absolute Gasteiger partial charge is 0.242 e. The van der Waals surface area contributed by atoms with Crippen molar-refractivity contribution in [3.63, 3.8) is 0 Å². The van der Waals surface area contributed by atoms with E-state index >= 15 is 0 Å². The average Bonchev–Trinajstić information content (AvgIpc) is 2.45. The second-order valence-corrected chi connectivity index (χ2v) is 5.80. The zero-order valence-corrected chi connectivity index (χ0v) is 9.38. The van der Waals surface area contributed by atoms with Gasteiger partial charge >= 0.3 is 0 Å². The summed E-state index contributed by atoms with van der Waals surface area (Å²) < 4.78 is -0.382. The molecule has 0 amide bonds. The Morgan fingerprint density at radius 3 is 2.46 bits per heavy atom. The highest BCUT2D eigenvalue weighted by Gasteiger charge is 2.26. The van der Waals surface area contributed by atoms with Gasteiger partial charge in [-0.2, -0.15) is 0 Å². The molecule has 13 heavy (non-hydrogen) atoms. The lowest BCUT2D eigenvalue weighted by Crippen LogP contribution is -1.97. The molecule has 0 N–H and O–H groups in total. The van der Waals surface area contributed by atoms with Gasteiger partial charge in [-0.3, -0.25) is 0 Å². The lowest BCUT2D eigenvalue weighted by molar-refractivity contribution is 1.19. The molecule has 0 unspecified atom stereocenters. The van der Waals surface area contributed by atoms with E-state index < -0.39 is 3.79 Å². The number of aromatic nitrogens is 1. The molecule has 2 rings (SSSR count). The Morgan fingerprint density at radius 1 is 1.15 bits per heavy atom. The molecule has 1 aromatic carbocycles. The van der Waals surface area contributed by atoms with Gasteiger partial charge in [-0.1, -0.05) is 46.9 Å². The van der Waals surface area contributed by atoms with Crippen LogP contribution in [0.5, 0.6) is 0 Å². The molecule has 5 heteroatoms. The van der Waals surface area contributed by atoms with Crippen molar-refractivity contribution >= 4 is 56.4 Å². The monoisotopic (exact) mass is 251 g/mol. The Bertz CT molecular complexity index is 399. The van der Waals surface area contributed by atoms with Crippen molar-refractivity contribution in [2.45, 2.75) is 3.79 Å². The van der Waals surface area contributed by atoms with Crippen LogP contribution in [0.4, 0.5) is 0 Å². The quantitative estimate of drug-likeness (QED) is 0.643. The molecule has 2 aromatic rings. The van der Waals surface area contributed by atoms with Crippen molar-refractivity contribution in [2.75, 3.05) is 0 Å². The van der Waals surface area contributed by atoms with Gasteiger partial charge in [-0.05, 0) is 12.1 Å². The number of alkyl halides is 3. The van der Waals surface area contributed by atoms with Crippen LogP contribution in [0.1, 0.15) is 5.01 Å². The summed E-state index contributed by atoms with van der Waals surface area (Å²) in [5.41, 5.74) is 0.869. The van der Waals surface area contributed by atoms with Crippen molar-refractivity contribution in [3.05, 3.63) is 29.3 Å². The predicted octanol–water partition coefficient (Wildman–Crippen LogP) is 4.12. The maximum atomic E-state index is 5.71. The highest BCUT2D eigenvalue weighted by atomic mass is 35.6. The number of fused-ring (bicyclic) bond motifs is 1. The smallest absolute Gasteiger partial charge is 0.237 e. The number of hydrogen-bond acceptors (Lipinski definition) is 2. The minimum absolute atomic E-state index is 0.513. The van der Waals surface area contributed by atoms with E-state index in [0.717, 1.165) is 10.2 Å². The lowest BCUT2D eigenvalue weighted by atomic mass is 10.3. The summed E-state index contributed by atoms with van der Waals surface area (Å²) >= 11 is 18.5. The van der Waals surface area contributed by atoms with Crippen LogP contribution in [-0.2, 0) is 3.79 Å². The normalized spacial score (nSPS) is 12.2. The van der Waals surface area contributed by atoms with Gasteiger partial charge in [-0.25, -0.2) is 4.98 Å². The Balaban J connectivity index is 2.63. The molecule has 0 aliphatic carbocycles. The van der Waals surface area contributed by atoms with Gasteiger partial charge in [-0.15, -0.1) is 11.3 Å². The van der Waals surface area contributed by atoms with Gasteiger partial charge in [0.25, 0.3) is 0 Å². The molecule has 0 saturated carbocycles. The van der Waals surface area contributed by atoms with E-state index in [4.69, 9.17) is 34.8 Å². The van der Waals surface area contributed by atoms with E-state index in [2.05, 4.69) is 4.98 Å². The van der Waals surface area contributed by atoms with Crippen molar-refractivity contribution in [1.82, 2.24) is 4.98 Å². The first-order valence-corrected chi connectivity index (χ1v) is 5.45. The summed E-state index contributed by atoms with van der Waals surface area (Å²) in [7, 11) is 0. The number of thiazole rings is 1. The number of para-hydroxylation sites is 1. The fraction of sp³-hybridized carbons (Fsp3) is 0.125. The van der Waals surface area contributed by atoms with Crippen LogP contribution in [0.25, 0.3) is 10.2 Å². The Hall–Kier alpha value is -0.0200. The number of nitrogens with zero attached hydrogens (tertiary/aromatic N) is 1. The molecule has 1 heterocycles. The fourth-order valence-corrected chi connectivity index (χ4v) is 2.30. The first-order valence-electron chi connectivity index (χ1n) is 3.50. The molecule has 0 radical (unpaired) electrons. The van der Waals surface area contributed by atoms with E-state index in [1.807, 2.05) is 24.3 Å². The minimum Gasteiger partial charge on any atom is -0.237 e. The van der Waals surface area contributed by atoms with Crippen LogP contribution < -0.4 is 0 Å². The van der Waals surface area contributed by atoms with E-state index in [1.54, 1.807) is 0 Å². The summed E-state index contributed by atoms with van der Waals surface area (Å²) in [4.78, 5) is 4.21. The van der Waals surface area contributed by atoms with Crippen LogP contribution in [0.3, 0.4) is 0 Å². The third-order valence-electron chi connectivity index (χ3n) is 1.54. The van der Waals surface area contributed by atoms with Gasteiger partial charge in [0.1, 0.15) is 5.01 Å². The topological polar surface area (TPSA) is 12.9 Å². The summed E-state index contributed by atoms with van der Waals surface area (Å²) in [6.45, 7) is 0. The molecule has 0 atom stereocenters. The van der Waals surface area contributed by atoms with E-state index in [1.165, 1.54) is 11.3 Å². The molecule has 68 valence electrons. The minimum atomic E-state index is -1.41. The third kappa shape index (κ3) is 1.91. The average molecular weight is 253 g/mol. The molecule has 0 aliphatic heterocycles. The maximum absolute atomic E-state index is 5.71. The Labute approximate surface area is 94.2 Å². The van der Waals surface area contributed by atoms with Gasteiger partial charge in [0.2, 0.25) is 3.79 Å². The van der Waals surface area contributed by atoms with Crippen molar-refractivity contribution in [3.8, 4) is 0 Å². The van der Waals surface area contributed by atoms with Crippen LogP contribution in [-0.4, -0.2) is 4.98 Å². The standard InChI is InChI=1S/C8H4Cl3NS/c9-8(10,11)7-12-5-3-1-2-4-6(5)13-7/h1-4H. The van der Waals surface area contributed by atoms with Gasteiger partial charge in [0.05, 0.1) is 10.2 Å². The summed E-state index contributed by atoms with van der Waals surface area (Å²) in [5.74, 6) is 0. The Morgan fingerprint density at radius 2 is 1.85 bits per heavy atom. The molecule has 0 spiro atoms. The van der Waals surface area contributed by atoms with Crippen LogP contribution in [0, 0.1) is 0 Å². The fourth-order valence-electron chi connectivity index (χ4n) is 0.993. The molecular formula is C8H4Cl3NS. The Kier molecular flexibility index (Phi) is 2.41. The third-order valence-corrected chi connectivity index (χ3v) is 3.57. The highest BCUT2D eigenvalue weighted by molar-refractivity contribution is 7.19. The number of halogens is 3. The van der Waals surface area contributed by atoms with Crippen LogP contribution in [0.2, 0.25) is 0 Å². The van der Waals surface area contributed by atoms with E-state index in [0.29, 0.717) is 5.01 Å². The summed E-state index contributed by atoms with van der Waals surface area (Å²) in [6, 6.07) is 7.69. The maximum Gasteiger partial charge on any atom is 0.242 e. The van der Waals surface area contributed by atoms with Crippen molar-refractivity contribution in [1.29, 1.82) is 0 Å². The van der Waals surface area contributed by atoms with Crippen molar-refractivity contribution < 1.29 is 0 Å².